The van der Waals surface area contributed by atoms with Crippen LogP contribution in [0, 0.1) is 23.5 Å². The predicted octanol–water partition coefficient (Wildman–Crippen LogP) is 11.3. The number of aromatic nitrogens is 5. The second kappa shape index (κ2) is 23.6. The predicted molar refractivity (Wildman–Crippen MR) is 343 cm³/mol. The maximum atomic E-state index is 17.3. The summed E-state index contributed by atoms with van der Waals surface area (Å²) in [5.41, 5.74) is 1.91. The number of likely N-dealkylation sites (tertiary alicyclic amines) is 1. The average molecular weight is 1280 g/mol. The fourth-order valence-corrected chi connectivity index (χ4v) is 17.3. The largest absolute Gasteiger partial charge is 0.461 e. The zero-order chi connectivity index (χ0) is 62.6. The van der Waals surface area contributed by atoms with E-state index >= 15 is 8.78 Å². The third-order valence-electron chi connectivity index (χ3n) is 21.0. The number of carbonyl (C=O) groups excluding carboxylic acids is 2. The van der Waals surface area contributed by atoms with Crippen molar-refractivity contribution in [2.24, 2.45) is 11.8 Å². The van der Waals surface area contributed by atoms with E-state index in [1.54, 1.807) is 35.2 Å². The second-order valence-corrected chi connectivity index (χ2v) is 27.3. The number of hydrogen-bond acceptors (Lipinski definition) is 13. The second-order valence-electron chi connectivity index (χ2n) is 26.5. The fraction of sp³-hybridized carbons (Fsp3) is 0.449. The number of anilines is 2. The molecule has 0 spiro atoms. The number of hydrogen-bond donors (Lipinski definition) is 0. The third-order valence-corrected chi connectivity index (χ3v) is 21.7. The molecule has 0 radical (unpaired) electrons. The third kappa shape index (κ3) is 10.6. The van der Waals surface area contributed by atoms with Crippen LogP contribution in [0.1, 0.15) is 69.0 Å². The molecule has 16 nitrogen and oxygen atoms in total. The molecule has 22 heteroatoms. The number of nitrogens with zero attached hydrogens (tertiary/aromatic N) is 12. The molecule has 472 valence electrons. The molecule has 8 aliphatic heterocycles. The van der Waals surface area contributed by atoms with Crippen LogP contribution < -0.4 is 19.3 Å². The standard InChI is InChI=1S/C69H71Cl2F4N12O4/c1-4-56(88)84-32-40(33-84)31-81(2)65-50-30-76-62(49-12-5-9-42-15-18-52(74)60(71)58(42)49)61(75)63(50)78-67(80-65)91-39-69-24-21-46(86(69)36-45(73)29-69)17-20-57(89)87-47-16-19-54(87)43(27-47)34-82(3)64-48-22-26-83(55-14-7-11-41-10-6-13-51(70)59(41)55)37-53(48)77-66(79-64)90-38-68-23-8-25-85(68)35-44(72)28-68/h4-7,9-15,17-18,20,30,34,40,43-47,54H,1,8,16,19,21-29,31-33,35-39H2,2-3H3/q+1/b20-17-,82-34?/t43?,44-,45-,46?,47+,54-,68+,69+/m1/s1. The Labute approximate surface area is 535 Å². The number of fused-ring (bicyclic) bond motifs is 8. The first-order valence-electron chi connectivity index (χ1n) is 31.9. The van der Waals surface area contributed by atoms with E-state index in [1.807, 2.05) is 42.1 Å². The Morgan fingerprint density at radius 2 is 1.60 bits per heavy atom. The summed E-state index contributed by atoms with van der Waals surface area (Å²) in [7, 11) is 3.85. The Morgan fingerprint density at radius 3 is 2.43 bits per heavy atom. The fourth-order valence-electron chi connectivity index (χ4n) is 16.8. The van der Waals surface area contributed by atoms with Gasteiger partial charge in [0.1, 0.15) is 48.4 Å². The molecule has 2 bridgehead atoms. The van der Waals surface area contributed by atoms with Crippen molar-refractivity contribution >= 4 is 91.0 Å². The van der Waals surface area contributed by atoms with E-state index in [2.05, 4.69) is 66.3 Å². The molecular weight excluding hydrogens is 1210 g/mol. The molecule has 3 aromatic heterocycles. The number of halogens is 6. The van der Waals surface area contributed by atoms with E-state index in [4.69, 9.17) is 47.6 Å². The number of ether oxygens (including phenoxy) is 2. The van der Waals surface area contributed by atoms with Crippen LogP contribution in [0.2, 0.25) is 10.0 Å². The molecule has 4 aromatic carbocycles. The average Bonchev–Trinajstić information content (AvgIpc) is 1.77. The van der Waals surface area contributed by atoms with Crippen molar-refractivity contribution in [1.82, 2.24) is 44.5 Å². The van der Waals surface area contributed by atoms with E-state index in [0.717, 1.165) is 78.7 Å². The maximum Gasteiger partial charge on any atom is 0.434 e. The van der Waals surface area contributed by atoms with Crippen LogP contribution >= 0.6 is 23.2 Å². The molecular formula is C69H71Cl2F4N12O4+. The van der Waals surface area contributed by atoms with Crippen LogP contribution in [-0.2, 0) is 22.6 Å². The van der Waals surface area contributed by atoms with Gasteiger partial charge in [0.25, 0.3) is 0 Å². The van der Waals surface area contributed by atoms with Crippen molar-refractivity contribution < 1.29 is 41.2 Å². The minimum atomic E-state index is -1.16. The Hall–Kier alpha value is -7.52. The molecule has 0 aliphatic carbocycles. The van der Waals surface area contributed by atoms with Gasteiger partial charge in [-0.25, -0.2) is 22.1 Å². The first-order valence-corrected chi connectivity index (χ1v) is 32.6. The summed E-state index contributed by atoms with van der Waals surface area (Å²) in [4.78, 5) is 63.5. The van der Waals surface area contributed by atoms with E-state index in [0.29, 0.717) is 92.0 Å². The van der Waals surface area contributed by atoms with Gasteiger partial charge in [0.15, 0.2) is 5.82 Å². The van der Waals surface area contributed by atoms with E-state index in [-0.39, 0.29) is 101 Å². The lowest BCUT2D eigenvalue weighted by Gasteiger charge is -2.40. The molecule has 11 heterocycles. The van der Waals surface area contributed by atoms with Crippen molar-refractivity contribution in [2.75, 3.05) is 82.9 Å². The van der Waals surface area contributed by atoms with Crippen LogP contribution in [0.4, 0.5) is 34.9 Å². The van der Waals surface area contributed by atoms with Gasteiger partial charge in [-0.15, -0.1) is 0 Å². The monoisotopic (exact) mass is 1280 g/mol. The minimum absolute atomic E-state index is 0.000131. The highest BCUT2D eigenvalue weighted by molar-refractivity contribution is 6.37. The van der Waals surface area contributed by atoms with Crippen molar-refractivity contribution in [3.8, 4) is 23.3 Å². The van der Waals surface area contributed by atoms with Crippen molar-refractivity contribution in [3.05, 3.63) is 131 Å². The molecule has 15 rings (SSSR count). The number of alkyl halides is 2. The smallest absolute Gasteiger partial charge is 0.434 e. The van der Waals surface area contributed by atoms with Gasteiger partial charge in [0.2, 0.25) is 11.8 Å². The van der Waals surface area contributed by atoms with Gasteiger partial charge in [0, 0.05) is 135 Å². The molecule has 7 aromatic rings. The molecule has 8 atom stereocenters. The van der Waals surface area contributed by atoms with Gasteiger partial charge >= 0.3 is 17.8 Å². The summed E-state index contributed by atoms with van der Waals surface area (Å²) < 4.78 is 78.3. The van der Waals surface area contributed by atoms with Crippen LogP contribution in [0.15, 0.2) is 97.7 Å². The zero-order valence-electron chi connectivity index (χ0n) is 50.9. The molecule has 8 aliphatic rings. The molecule has 7 saturated heterocycles. The summed E-state index contributed by atoms with van der Waals surface area (Å²) >= 11 is 13.4. The maximum absolute atomic E-state index is 17.3. The normalized spacial score (nSPS) is 26.5. The van der Waals surface area contributed by atoms with Gasteiger partial charge in [0.05, 0.1) is 57.6 Å². The highest BCUT2D eigenvalue weighted by Crippen LogP contribution is 2.47. The molecule has 7 fully saturated rings. The number of pyridine rings is 1. The Morgan fingerprint density at radius 1 is 0.846 bits per heavy atom. The van der Waals surface area contributed by atoms with Crippen LogP contribution in [-0.4, -0.2) is 182 Å². The molecule has 0 N–H and O–H groups in total. The summed E-state index contributed by atoms with van der Waals surface area (Å²) in [6, 6.07) is 20.1. The van der Waals surface area contributed by atoms with Crippen LogP contribution in [0.5, 0.6) is 12.0 Å². The molecule has 2 amide bonds. The van der Waals surface area contributed by atoms with Crippen molar-refractivity contribution in [2.45, 2.75) is 112 Å². The number of rotatable bonds is 16. The van der Waals surface area contributed by atoms with Gasteiger partial charge < -0.3 is 29.1 Å². The van der Waals surface area contributed by atoms with Crippen molar-refractivity contribution in [1.29, 1.82) is 0 Å². The van der Waals surface area contributed by atoms with Crippen LogP contribution in [0.3, 0.4) is 0 Å². The molecule has 2 unspecified atom stereocenters. The Balaban J connectivity index is 0.667. The summed E-state index contributed by atoms with van der Waals surface area (Å²) in [5, 5.41) is 3.80. The highest BCUT2D eigenvalue weighted by atomic mass is 35.5. The first-order chi connectivity index (χ1) is 44.0. The van der Waals surface area contributed by atoms with Crippen LogP contribution in [0.25, 0.3) is 43.7 Å². The zero-order valence-corrected chi connectivity index (χ0v) is 52.4. The van der Waals surface area contributed by atoms with E-state index < -0.39 is 29.5 Å². The Kier molecular flexibility index (Phi) is 15.5. The first kappa shape index (κ1) is 59.8. The minimum Gasteiger partial charge on any atom is -0.461 e. The highest BCUT2D eigenvalue weighted by Gasteiger charge is 2.54. The van der Waals surface area contributed by atoms with E-state index in [9.17, 15) is 18.4 Å². The summed E-state index contributed by atoms with van der Waals surface area (Å²) in [5.74, 6) is -0.409. The van der Waals surface area contributed by atoms with Gasteiger partial charge in [-0.2, -0.15) is 15.0 Å². The number of amides is 2. The number of carbonyl (C=O) groups is 2. The summed E-state index contributed by atoms with van der Waals surface area (Å²) in [6.07, 6.45) is 13.5. The van der Waals surface area contributed by atoms with Gasteiger partial charge in [-0.1, -0.05) is 84.4 Å². The Bertz CT molecular complexity index is 4170. The topological polar surface area (TPSA) is 140 Å². The SMILES string of the molecule is C=CC(=O)N1CC(CN(C)c2nc(OC[C@@]34CCC(/C=C\C(=O)N5[C@H]6CC[C@@H]5C(C=[N+](C)c5nc(OC[C@@]78CCCN7C[C@H](F)C8)nc7c5CCN(c5cccc8cccc(Cl)c58)C7)C6)N3C[C@H](F)C4)nc3c(F)c(-c4cccc5ccc(F)c(Cl)c45)ncc23)C1. The lowest BCUT2D eigenvalue weighted by Crippen LogP contribution is -2.53. The summed E-state index contributed by atoms with van der Waals surface area (Å²) in [6.45, 7) is 8.06. The van der Waals surface area contributed by atoms with Gasteiger partial charge in [-0.05, 0) is 86.5 Å². The molecule has 0 saturated carbocycles. The van der Waals surface area contributed by atoms with E-state index in [1.165, 1.54) is 18.3 Å². The van der Waals surface area contributed by atoms with Gasteiger partial charge in [-0.3, -0.25) is 24.4 Å². The van der Waals surface area contributed by atoms with Crippen molar-refractivity contribution in [3.63, 3.8) is 0 Å². The lowest BCUT2D eigenvalue weighted by atomic mass is 9.90. The lowest BCUT2D eigenvalue weighted by molar-refractivity contribution is -0.408. The molecule has 91 heavy (non-hydrogen) atoms. The quantitative estimate of drug-likeness (QED) is 0.0393. The number of benzene rings is 4.